The van der Waals surface area contributed by atoms with Crippen molar-refractivity contribution in [3.63, 3.8) is 0 Å². The molecule has 4 N–H and O–H groups in total. The van der Waals surface area contributed by atoms with Gasteiger partial charge in [0.25, 0.3) is 0 Å². The second kappa shape index (κ2) is 8.02. The molecular weight excluding hydrogens is 236 g/mol. The van der Waals surface area contributed by atoms with Gasteiger partial charge in [0.05, 0.1) is 6.61 Å². The number of carbonyl (C=O) groups excluding carboxylic acids is 2. The van der Waals surface area contributed by atoms with E-state index in [4.69, 9.17) is 10.8 Å². The summed E-state index contributed by atoms with van der Waals surface area (Å²) in [5.74, 6) is -0.334. The van der Waals surface area contributed by atoms with Crippen LogP contribution in [0.15, 0.2) is 0 Å². The Balaban J connectivity index is 2.23. The first-order valence-corrected chi connectivity index (χ1v) is 6.26. The quantitative estimate of drug-likeness (QED) is 0.561. The van der Waals surface area contributed by atoms with Gasteiger partial charge in [-0.2, -0.15) is 0 Å². The van der Waals surface area contributed by atoms with E-state index in [0.717, 1.165) is 32.6 Å². The van der Waals surface area contributed by atoms with Crippen molar-refractivity contribution in [1.29, 1.82) is 0 Å². The Labute approximate surface area is 107 Å². The molecule has 1 heterocycles. The van der Waals surface area contributed by atoms with Crippen molar-refractivity contribution in [2.45, 2.75) is 12.8 Å². The highest BCUT2D eigenvalue weighted by Crippen LogP contribution is 2.03. The lowest BCUT2D eigenvalue weighted by molar-refractivity contribution is -0.120. The van der Waals surface area contributed by atoms with Crippen molar-refractivity contribution >= 4 is 11.9 Å². The van der Waals surface area contributed by atoms with Crippen molar-refractivity contribution < 1.29 is 14.7 Å². The van der Waals surface area contributed by atoms with Crippen LogP contribution in [0, 0.1) is 0 Å². The van der Waals surface area contributed by atoms with Crippen LogP contribution < -0.4 is 11.1 Å². The lowest BCUT2D eigenvalue weighted by atomic mass is 10.3. The molecule has 0 unspecified atom stereocenters. The van der Waals surface area contributed by atoms with Crippen molar-refractivity contribution in [1.82, 2.24) is 15.1 Å². The van der Waals surface area contributed by atoms with Crippen LogP contribution in [0.4, 0.5) is 4.79 Å². The van der Waals surface area contributed by atoms with Gasteiger partial charge in [0.15, 0.2) is 0 Å². The van der Waals surface area contributed by atoms with Crippen LogP contribution in [0.1, 0.15) is 12.8 Å². The van der Waals surface area contributed by atoms with Crippen LogP contribution >= 0.6 is 0 Å². The third-order valence-corrected chi connectivity index (χ3v) is 3.02. The van der Waals surface area contributed by atoms with Gasteiger partial charge in [0, 0.05) is 32.6 Å². The minimum Gasteiger partial charge on any atom is -0.395 e. The van der Waals surface area contributed by atoms with E-state index in [1.807, 2.05) is 0 Å². The summed E-state index contributed by atoms with van der Waals surface area (Å²) in [5, 5.41) is 10.9. The van der Waals surface area contributed by atoms with Gasteiger partial charge in [-0.05, 0) is 19.5 Å². The van der Waals surface area contributed by atoms with Crippen LogP contribution in [0.5, 0.6) is 0 Å². The fraction of sp³-hybridized carbons (Fsp3) is 0.818. The van der Waals surface area contributed by atoms with Gasteiger partial charge < -0.3 is 15.7 Å². The fourth-order valence-electron chi connectivity index (χ4n) is 2.07. The molecule has 1 rings (SSSR count). The highest BCUT2D eigenvalue weighted by atomic mass is 16.3. The van der Waals surface area contributed by atoms with Gasteiger partial charge in [0.2, 0.25) is 5.91 Å². The summed E-state index contributed by atoms with van der Waals surface area (Å²) in [6.07, 6.45) is 1.31. The summed E-state index contributed by atoms with van der Waals surface area (Å²) in [7, 11) is 0. The van der Waals surface area contributed by atoms with E-state index < -0.39 is 6.03 Å². The molecule has 0 saturated carbocycles. The first-order valence-electron chi connectivity index (χ1n) is 6.26. The summed E-state index contributed by atoms with van der Waals surface area (Å²) >= 11 is 0. The maximum atomic E-state index is 11.3. The first-order chi connectivity index (χ1) is 8.61. The van der Waals surface area contributed by atoms with Crippen LogP contribution in [-0.4, -0.2) is 72.7 Å². The molecule has 3 amide bonds. The van der Waals surface area contributed by atoms with E-state index in [9.17, 15) is 9.59 Å². The molecule has 0 aromatic heterocycles. The lowest BCUT2D eigenvalue weighted by Gasteiger charge is -2.20. The number of primary amides is 1. The summed E-state index contributed by atoms with van der Waals surface area (Å²) in [6.45, 7) is 5.21. The Morgan fingerprint density at radius 1 is 1.11 bits per heavy atom. The van der Waals surface area contributed by atoms with E-state index >= 15 is 0 Å². The highest BCUT2D eigenvalue weighted by Gasteiger charge is 2.15. The number of urea groups is 1. The van der Waals surface area contributed by atoms with E-state index in [1.54, 1.807) is 0 Å². The van der Waals surface area contributed by atoms with Crippen molar-refractivity contribution in [3.05, 3.63) is 0 Å². The molecule has 18 heavy (non-hydrogen) atoms. The smallest absolute Gasteiger partial charge is 0.318 e. The van der Waals surface area contributed by atoms with Crippen molar-refractivity contribution in [2.75, 3.05) is 45.9 Å². The Morgan fingerprint density at radius 2 is 1.72 bits per heavy atom. The Morgan fingerprint density at radius 3 is 2.28 bits per heavy atom. The Bertz CT molecular complexity index is 285. The fourth-order valence-corrected chi connectivity index (χ4v) is 2.07. The molecule has 0 aliphatic carbocycles. The maximum absolute atomic E-state index is 11.3. The first kappa shape index (κ1) is 14.9. The van der Waals surface area contributed by atoms with Crippen molar-refractivity contribution in [2.24, 2.45) is 5.73 Å². The number of aliphatic hydroxyl groups excluding tert-OH is 1. The molecule has 0 atom stereocenters. The molecule has 0 bridgehead atoms. The largest absolute Gasteiger partial charge is 0.395 e. The van der Waals surface area contributed by atoms with E-state index in [1.165, 1.54) is 0 Å². The van der Waals surface area contributed by atoms with Crippen LogP contribution in [0.25, 0.3) is 0 Å². The molecule has 1 saturated heterocycles. The predicted molar refractivity (Wildman–Crippen MR) is 66.9 cm³/mol. The van der Waals surface area contributed by atoms with Gasteiger partial charge in [-0.25, -0.2) is 4.79 Å². The average molecular weight is 258 g/mol. The molecule has 1 fully saturated rings. The molecular formula is C11H22N4O3. The molecule has 7 heteroatoms. The number of nitrogens with zero attached hydrogens (tertiary/aromatic N) is 2. The normalized spacial score (nSPS) is 18.3. The maximum Gasteiger partial charge on any atom is 0.318 e. The third kappa shape index (κ3) is 5.95. The number of carbonyl (C=O) groups is 2. The third-order valence-electron chi connectivity index (χ3n) is 3.02. The second-order valence-electron chi connectivity index (χ2n) is 4.42. The number of hydrogen-bond acceptors (Lipinski definition) is 5. The van der Waals surface area contributed by atoms with E-state index in [0.29, 0.717) is 13.1 Å². The molecule has 1 aliphatic rings. The number of β-amino-alcohol motifs (C(OH)–C–C–N with tert-alkyl or cyclic N) is 1. The van der Waals surface area contributed by atoms with Crippen molar-refractivity contribution in [3.8, 4) is 0 Å². The Hall–Kier alpha value is -1.18. The van der Waals surface area contributed by atoms with E-state index in [-0.39, 0.29) is 18.9 Å². The van der Waals surface area contributed by atoms with Crippen LogP contribution in [-0.2, 0) is 4.79 Å². The summed E-state index contributed by atoms with van der Waals surface area (Å²) in [4.78, 5) is 26.1. The molecule has 0 aromatic carbocycles. The topological polar surface area (TPSA) is 98.9 Å². The molecule has 1 aliphatic heterocycles. The standard InChI is InChI=1S/C11H22N4O3/c12-11(18)13-10(17)2-5-14-3-1-4-15(7-6-14)8-9-16/h16H,1-9H2,(H3,12,13,17,18). The highest BCUT2D eigenvalue weighted by molar-refractivity contribution is 5.93. The van der Waals surface area contributed by atoms with Gasteiger partial charge in [-0.15, -0.1) is 0 Å². The van der Waals surface area contributed by atoms with Gasteiger partial charge in [0.1, 0.15) is 0 Å². The van der Waals surface area contributed by atoms with Crippen LogP contribution in [0.3, 0.4) is 0 Å². The monoisotopic (exact) mass is 258 g/mol. The van der Waals surface area contributed by atoms with Gasteiger partial charge in [-0.3, -0.25) is 15.0 Å². The number of imide groups is 1. The molecule has 7 nitrogen and oxygen atoms in total. The summed E-state index contributed by atoms with van der Waals surface area (Å²) in [5.41, 5.74) is 4.86. The minimum atomic E-state index is -0.801. The minimum absolute atomic E-state index is 0.182. The van der Waals surface area contributed by atoms with Gasteiger partial charge in [-0.1, -0.05) is 0 Å². The number of rotatable bonds is 5. The van der Waals surface area contributed by atoms with Crippen LogP contribution in [0.2, 0.25) is 0 Å². The Kier molecular flexibility index (Phi) is 6.63. The number of nitrogens with one attached hydrogen (secondary N) is 1. The molecule has 0 aromatic rings. The van der Waals surface area contributed by atoms with Gasteiger partial charge >= 0.3 is 6.03 Å². The average Bonchev–Trinajstić information content (AvgIpc) is 2.52. The number of aliphatic hydroxyl groups is 1. The zero-order valence-corrected chi connectivity index (χ0v) is 10.6. The molecule has 0 spiro atoms. The number of hydrogen-bond donors (Lipinski definition) is 3. The number of amides is 3. The predicted octanol–water partition coefficient (Wildman–Crippen LogP) is -1.43. The molecule has 104 valence electrons. The summed E-state index contributed by atoms with van der Waals surface area (Å²) < 4.78 is 0. The zero-order valence-electron chi connectivity index (χ0n) is 10.6. The number of nitrogens with two attached hydrogens (primary N) is 1. The second-order valence-corrected chi connectivity index (χ2v) is 4.42. The van der Waals surface area contributed by atoms with E-state index in [2.05, 4.69) is 15.1 Å². The lowest BCUT2D eigenvalue weighted by Crippen LogP contribution is -2.38. The summed E-state index contributed by atoms with van der Waals surface area (Å²) in [6, 6.07) is -0.801. The zero-order chi connectivity index (χ0) is 13.4. The SMILES string of the molecule is NC(=O)NC(=O)CCN1CCCN(CCO)CC1. The molecule has 0 radical (unpaired) electrons.